The average molecular weight is 444 g/mol. The number of aryl methyl sites for hydroxylation is 3. The first-order valence-corrected chi connectivity index (χ1v) is 11.0. The fourth-order valence-corrected chi connectivity index (χ4v) is 4.58. The van der Waals surface area contributed by atoms with Crippen LogP contribution in [0.3, 0.4) is 0 Å². The van der Waals surface area contributed by atoms with Gasteiger partial charge in [-0.25, -0.2) is 0 Å². The van der Waals surface area contributed by atoms with Gasteiger partial charge in [-0.3, -0.25) is 14.5 Å². The number of carbonyl (C=O) groups is 1. The van der Waals surface area contributed by atoms with E-state index in [1.54, 1.807) is 17.0 Å². The number of carbonyl (C=O) groups excluding carboxylic acids is 1. The van der Waals surface area contributed by atoms with Gasteiger partial charge in [0, 0.05) is 10.7 Å². The van der Waals surface area contributed by atoms with E-state index in [1.165, 1.54) is 5.56 Å². The van der Waals surface area contributed by atoms with Gasteiger partial charge in [0.05, 0.1) is 17.0 Å². The van der Waals surface area contributed by atoms with Gasteiger partial charge < -0.3 is 4.42 Å². The Bertz CT molecular complexity index is 1440. The minimum atomic E-state index is -0.620. The number of hydrogen-bond donors (Lipinski definition) is 0. The lowest BCUT2D eigenvalue weighted by Crippen LogP contribution is -2.29. The minimum Gasteiger partial charge on any atom is -0.450 e. The molecule has 1 aromatic heterocycles. The summed E-state index contributed by atoms with van der Waals surface area (Å²) in [5, 5.41) is 1.02. The summed E-state index contributed by atoms with van der Waals surface area (Å²) in [7, 11) is 0. The van der Waals surface area contributed by atoms with Crippen LogP contribution < -0.4 is 10.3 Å². The molecule has 1 aliphatic heterocycles. The zero-order valence-corrected chi connectivity index (χ0v) is 18.9. The smallest absolute Gasteiger partial charge is 0.295 e. The highest BCUT2D eigenvalue weighted by Gasteiger charge is 2.43. The van der Waals surface area contributed by atoms with Gasteiger partial charge in [-0.1, -0.05) is 42.8 Å². The number of halogens is 1. The van der Waals surface area contributed by atoms with E-state index in [1.807, 2.05) is 62.4 Å². The van der Waals surface area contributed by atoms with Gasteiger partial charge in [-0.05, 0) is 78.9 Å². The Hall–Kier alpha value is -3.37. The third-order valence-corrected chi connectivity index (χ3v) is 6.51. The second-order valence-electron chi connectivity index (χ2n) is 8.26. The number of hydrogen-bond acceptors (Lipinski definition) is 3. The SMILES string of the molecule is CCc1ccc(N2C(=O)c3oc4cc(C)c(C)cc4c(=O)c3C2c2cccc(Cl)c2)cc1. The van der Waals surface area contributed by atoms with Crippen LogP contribution in [0, 0.1) is 13.8 Å². The highest BCUT2D eigenvalue weighted by atomic mass is 35.5. The molecule has 0 bridgehead atoms. The van der Waals surface area contributed by atoms with Crippen molar-refractivity contribution in [1.29, 1.82) is 0 Å². The van der Waals surface area contributed by atoms with Crippen molar-refractivity contribution in [3.8, 4) is 0 Å². The molecule has 0 saturated heterocycles. The molecule has 4 nitrogen and oxygen atoms in total. The maximum Gasteiger partial charge on any atom is 0.295 e. The van der Waals surface area contributed by atoms with Gasteiger partial charge in [0.1, 0.15) is 5.58 Å². The number of benzene rings is 3. The highest BCUT2D eigenvalue weighted by Crippen LogP contribution is 2.41. The third kappa shape index (κ3) is 3.14. The molecule has 4 aromatic rings. The molecule has 160 valence electrons. The lowest BCUT2D eigenvalue weighted by Gasteiger charge is -2.25. The largest absolute Gasteiger partial charge is 0.450 e. The number of anilines is 1. The summed E-state index contributed by atoms with van der Waals surface area (Å²) >= 11 is 6.29. The van der Waals surface area contributed by atoms with E-state index in [0.717, 1.165) is 23.1 Å². The van der Waals surface area contributed by atoms with Crippen LogP contribution in [0.4, 0.5) is 5.69 Å². The van der Waals surface area contributed by atoms with Crippen LogP contribution in [-0.2, 0) is 6.42 Å². The highest BCUT2D eigenvalue weighted by molar-refractivity contribution is 6.30. The molecule has 0 spiro atoms. The topological polar surface area (TPSA) is 50.5 Å². The lowest BCUT2D eigenvalue weighted by molar-refractivity contribution is 0.0971. The van der Waals surface area contributed by atoms with Gasteiger partial charge in [-0.15, -0.1) is 0 Å². The van der Waals surface area contributed by atoms with Crippen molar-refractivity contribution >= 4 is 34.2 Å². The Labute approximate surface area is 191 Å². The van der Waals surface area contributed by atoms with Crippen LogP contribution in [0.2, 0.25) is 5.02 Å². The first-order valence-electron chi connectivity index (χ1n) is 10.6. The van der Waals surface area contributed by atoms with Crippen LogP contribution in [-0.4, -0.2) is 5.91 Å². The molecule has 3 aromatic carbocycles. The molecule has 5 rings (SSSR count). The Kier molecular flexibility index (Phi) is 4.90. The number of nitrogens with zero attached hydrogens (tertiary/aromatic N) is 1. The van der Waals surface area contributed by atoms with E-state index in [2.05, 4.69) is 6.92 Å². The maximum absolute atomic E-state index is 13.7. The summed E-state index contributed by atoms with van der Waals surface area (Å²) in [5.41, 5.74) is 5.24. The molecule has 0 aliphatic carbocycles. The average Bonchev–Trinajstić information content (AvgIpc) is 3.08. The van der Waals surface area contributed by atoms with Gasteiger partial charge in [0.2, 0.25) is 5.76 Å². The van der Waals surface area contributed by atoms with Crippen LogP contribution >= 0.6 is 11.6 Å². The van der Waals surface area contributed by atoms with E-state index < -0.39 is 6.04 Å². The molecule has 2 heterocycles. The molecule has 1 unspecified atom stereocenters. The van der Waals surface area contributed by atoms with E-state index in [0.29, 0.717) is 27.2 Å². The molecule has 1 atom stereocenters. The monoisotopic (exact) mass is 443 g/mol. The molecule has 32 heavy (non-hydrogen) atoms. The van der Waals surface area contributed by atoms with Gasteiger partial charge in [0.25, 0.3) is 5.91 Å². The van der Waals surface area contributed by atoms with Gasteiger partial charge >= 0.3 is 0 Å². The zero-order valence-electron chi connectivity index (χ0n) is 18.1. The zero-order chi connectivity index (χ0) is 22.6. The van der Waals surface area contributed by atoms with Gasteiger partial charge in [-0.2, -0.15) is 0 Å². The van der Waals surface area contributed by atoms with Crippen molar-refractivity contribution in [3.63, 3.8) is 0 Å². The Balaban J connectivity index is 1.80. The molecule has 0 N–H and O–H groups in total. The summed E-state index contributed by atoms with van der Waals surface area (Å²) in [6.45, 7) is 6.00. The summed E-state index contributed by atoms with van der Waals surface area (Å²) in [4.78, 5) is 29.0. The molecule has 1 aliphatic rings. The molecular weight excluding hydrogens is 422 g/mol. The van der Waals surface area contributed by atoms with Crippen molar-refractivity contribution < 1.29 is 9.21 Å². The fourth-order valence-electron chi connectivity index (χ4n) is 4.38. The van der Waals surface area contributed by atoms with E-state index in [9.17, 15) is 9.59 Å². The molecule has 5 heteroatoms. The van der Waals surface area contributed by atoms with Crippen molar-refractivity contribution in [1.82, 2.24) is 0 Å². The van der Waals surface area contributed by atoms with Crippen molar-refractivity contribution in [2.75, 3.05) is 4.90 Å². The first-order chi connectivity index (χ1) is 15.4. The minimum absolute atomic E-state index is 0.0929. The van der Waals surface area contributed by atoms with Crippen LogP contribution in [0.1, 0.15) is 51.3 Å². The predicted molar refractivity (Wildman–Crippen MR) is 128 cm³/mol. The molecule has 0 fully saturated rings. The molecule has 0 saturated carbocycles. The van der Waals surface area contributed by atoms with Crippen molar-refractivity contribution in [2.45, 2.75) is 33.2 Å². The maximum atomic E-state index is 13.7. The molecule has 1 amide bonds. The number of fused-ring (bicyclic) bond motifs is 2. The van der Waals surface area contributed by atoms with Crippen molar-refractivity contribution in [2.24, 2.45) is 0 Å². The fraction of sp³-hybridized carbons (Fsp3) is 0.185. The Morgan fingerprint density at radius 3 is 2.38 bits per heavy atom. The molecule has 0 radical (unpaired) electrons. The summed E-state index contributed by atoms with van der Waals surface area (Å²) in [6, 6.07) is 18.2. The van der Waals surface area contributed by atoms with Gasteiger partial charge in [0.15, 0.2) is 5.43 Å². The van der Waals surface area contributed by atoms with Crippen LogP contribution in [0.25, 0.3) is 11.0 Å². The normalized spacial score (nSPS) is 15.4. The van der Waals surface area contributed by atoms with Crippen LogP contribution in [0.5, 0.6) is 0 Å². The summed E-state index contributed by atoms with van der Waals surface area (Å²) in [6.07, 6.45) is 0.899. The number of rotatable bonds is 3. The van der Waals surface area contributed by atoms with E-state index in [-0.39, 0.29) is 17.1 Å². The Morgan fingerprint density at radius 1 is 0.969 bits per heavy atom. The standard InChI is InChI=1S/C27H22ClNO3/c1-4-17-8-10-20(11-9-17)29-24(18-6-5-7-19(28)14-18)23-25(30)21-12-15(2)16(3)13-22(21)32-26(23)27(29)31/h5-14,24H,4H2,1-3H3. The summed E-state index contributed by atoms with van der Waals surface area (Å²) in [5.74, 6) is -0.234. The van der Waals surface area contributed by atoms with Crippen molar-refractivity contribution in [3.05, 3.63) is 109 Å². The number of amides is 1. The third-order valence-electron chi connectivity index (χ3n) is 6.27. The summed E-state index contributed by atoms with van der Waals surface area (Å²) < 4.78 is 6.09. The van der Waals surface area contributed by atoms with E-state index in [4.69, 9.17) is 16.0 Å². The van der Waals surface area contributed by atoms with E-state index >= 15 is 0 Å². The Morgan fingerprint density at radius 2 is 1.69 bits per heavy atom. The second kappa shape index (κ2) is 7.64. The first kappa shape index (κ1) is 20.5. The predicted octanol–water partition coefficient (Wildman–Crippen LogP) is 6.38. The second-order valence-corrected chi connectivity index (χ2v) is 8.70. The van der Waals surface area contributed by atoms with Crippen LogP contribution in [0.15, 0.2) is 69.9 Å². The molecular formula is C27H22ClNO3. The quantitative estimate of drug-likeness (QED) is 0.369. The lowest BCUT2D eigenvalue weighted by atomic mass is 9.97.